The van der Waals surface area contributed by atoms with Crippen LogP contribution in [0.5, 0.6) is 0 Å². The number of hydrogen-bond acceptors (Lipinski definition) is 4. The van der Waals surface area contributed by atoms with E-state index in [4.69, 9.17) is 0 Å². The topological polar surface area (TPSA) is 41.0 Å². The van der Waals surface area contributed by atoms with Gasteiger partial charge in [0.25, 0.3) is 0 Å². The van der Waals surface area contributed by atoms with Crippen molar-refractivity contribution in [3.8, 4) is 0 Å². The molecule has 124 valence electrons. The second kappa shape index (κ2) is 7.95. The Kier molecular flexibility index (Phi) is 5.97. The number of nitrogens with one attached hydrogen (secondary N) is 1. The average Bonchev–Trinajstić information content (AvgIpc) is 2.51. The first-order chi connectivity index (χ1) is 11.0. The van der Waals surface area contributed by atoms with Crippen LogP contribution in [0.2, 0.25) is 0 Å². The Labute approximate surface area is 140 Å². The molecule has 1 heterocycles. The standard InChI is InChI=1S/C19H28N4/c1-6-11-23(12-7-2)19-13-18(20-16(5)21-19)22-17-10-8-9-14(3)15(17)4/h8-10,13H,6-7,11-12H2,1-5H3,(H,20,21,22). The molecule has 0 bridgehead atoms. The first-order valence-electron chi connectivity index (χ1n) is 8.49. The van der Waals surface area contributed by atoms with Crippen LogP contribution in [-0.2, 0) is 0 Å². The summed E-state index contributed by atoms with van der Waals surface area (Å²) in [6.45, 7) is 12.7. The number of benzene rings is 1. The summed E-state index contributed by atoms with van der Waals surface area (Å²) in [6, 6.07) is 8.34. The number of aryl methyl sites for hydroxylation is 2. The predicted molar refractivity (Wildman–Crippen MR) is 98.8 cm³/mol. The maximum Gasteiger partial charge on any atom is 0.136 e. The fourth-order valence-corrected chi connectivity index (χ4v) is 2.68. The first-order valence-corrected chi connectivity index (χ1v) is 8.49. The number of aromatic nitrogens is 2. The van der Waals surface area contributed by atoms with E-state index in [0.717, 1.165) is 49.1 Å². The third-order valence-electron chi connectivity index (χ3n) is 4.00. The van der Waals surface area contributed by atoms with Gasteiger partial charge in [0.15, 0.2) is 0 Å². The van der Waals surface area contributed by atoms with Crippen LogP contribution in [0, 0.1) is 20.8 Å². The van der Waals surface area contributed by atoms with Gasteiger partial charge in [-0.25, -0.2) is 9.97 Å². The summed E-state index contributed by atoms with van der Waals surface area (Å²) in [4.78, 5) is 11.5. The quantitative estimate of drug-likeness (QED) is 0.799. The van der Waals surface area contributed by atoms with Crippen molar-refractivity contribution >= 4 is 17.3 Å². The molecule has 0 aliphatic carbocycles. The zero-order valence-electron chi connectivity index (χ0n) is 15.0. The molecule has 2 rings (SSSR count). The highest BCUT2D eigenvalue weighted by Crippen LogP contribution is 2.24. The Morgan fingerprint density at radius 2 is 1.70 bits per heavy atom. The van der Waals surface area contributed by atoms with Gasteiger partial charge >= 0.3 is 0 Å². The van der Waals surface area contributed by atoms with Crippen molar-refractivity contribution in [2.75, 3.05) is 23.3 Å². The fraction of sp³-hybridized carbons (Fsp3) is 0.474. The van der Waals surface area contributed by atoms with Crippen molar-refractivity contribution in [3.05, 3.63) is 41.2 Å². The van der Waals surface area contributed by atoms with E-state index in [2.05, 4.69) is 72.1 Å². The van der Waals surface area contributed by atoms with Gasteiger partial charge < -0.3 is 10.2 Å². The normalized spacial score (nSPS) is 10.7. The van der Waals surface area contributed by atoms with Gasteiger partial charge in [0.05, 0.1) is 0 Å². The van der Waals surface area contributed by atoms with Gasteiger partial charge in [-0.3, -0.25) is 0 Å². The van der Waals surface area contributed by atoms with Crippen LogP contribution in [0.4, 0.5) is 17.3 Å². The highest BCUT2D eigenvalue weighted by molar-refractivity contribution is 5.64. The third kappa shape index (κ3) is 4.44. The third-order valence-corrected chi connectivity index (χ3v) is 4.00. The van der Waals surface area contributed by atoms with Crippen LogP contribution in [0.15, 0.2) is 24.3 Å². The molecule has 0 aliphatic rings. The van der Waals surface area contributed by atoms with Gasteiger partial charge in [0, 0.05) is 24.8 Å². The molecule has 1 aromatic heterocycles. The van der Waals surface area contributed by atoms with E-state index in [1.54, 1.807) is 0 Å². The number of hydrogen-bond donors (Lipinski definition) is 1. The summed E-state index contributed by atoms with van der Waals surface area (Å²) < 4.78 is 0. The van der Waals surface area contributed by atoms with Gasteiger partial charge in [-0.05, 0) is 50.8 Å². The maximum absolute atomic E-state index is 4.63. The molecule has 1 N–H and O–H groups in total. The van der Waals surface area contributed by atoms with Gasteiger partial charge in [-0.1, -0.05) is 26.0 Å². The molecule has 0 saturated carbocycles. The Balaban J connectivity index is 2.31. The lowest BCUT2D eigenvalue weighted by Gasteiger charge is -2.23. The second-order valence-corrected chi connectivity index (χ2v) is 6.02. The molecule has 0 amide bonds. The van der Waals surface area contributed by atoms with Crippen LogP contribution < -0.4 is 10.2 Å². The summed E-state index contributed by atoms with van der Waals surface area (Å²) in [7, 11) is 0. The summed E-state index contributed by atoms with van der Waals surface area (Å²) >= 11 is 0. The van der Waals surface area contributed by atoms with Gasteiger partial charge in [0.2, 0.25) is 0 Å². The predicted octanol–water partition coefficient (Wildman–Crippen LogP) is 4.77. The van der Waals surface area contributed by atoms with Crippen LogP contribution in [0.1, 0.15) is 43.6 Å². The van der Waals surface area contributed by atoms with Crippen molar-refractivity contribution < 1.29 is 0 Å². The van der Waals surface area contributed by atoms with Crippen molar-refractivity contribution in [1.29, 1.82) is 0 Å². The van der Waals surface area contributed by atoms with Crippen LogP contribution in [0.3, 0.4) is 0 Å². The number of nitrogens with zero attached hydrogens (tertiary/aromatic N) is 3. The molecule has 0 spiro atoms. The van der Waals surface area contributed by atoms with Gasteiger partial charge in [0.1, 0.15) is 17.5 Å². The lowest BCUT2D eigenvalue weighted by atomic mass is 10.1. The van der Waals surface area contributed by atoms with Crippen LogP contribution in [-0.4, -0.2) is 23.1 Å². The van der Waals surface area contributed by atoms with Crippen molar-refractivity contribution in [1.82, 2.24) is 9.97 Å². The molecule has 1 aromatic carbocycles. The molecule has 0 fully saturated rings. The lowest BCUT2D eigenvalue weighted by molar-refractivity contribution is 0.730. The molecule has 4 nitrogen and oxygen atoms in total. The molecule has 2 aromatic rings. The van der Waals surface area contributed by atoms with E-state index < -0.39 is 0 Å². The van der Waals surface area contributed by atoms with E-state index in [0.29, 0.717) is 0 Å². The van der Waals surface area contributed by atoms with Crippen LogP contribution in [0.25, 0.3) is 0 Å². The molecule has 0 saturated heterocycles. The molecule has 4 heteroatoms. The highest BCUT2D eigenvalue weighted by atomic mass is 15.2. The van der Waals surface area contributed by atoms with Crippen molar-refractivity contribution in [2.45, 2.75) is 47.5 Å². The maximum atomic E-state index is 4.63. The molecular formula is C19H28N4. The zero-order valence-corrected chi connectivity index (χ0v) is 15.0. The van der Waals surface area contributed by atoms with E-state index in [1.807, 2.05) is 6.92 Å². The van der Waals surface area contributed by atoms with E-state index >= 15 is 0 Å². The molecule has 23 heavy (non-hydrogen) atoms. The summed E-state index contributed by atoms with van der Waals surface area (Å²) in [5, 5.41) is 3.46. The minimum absolute atomic E-state index is 0.799. The Morgan fingerprint density at radius 1 is 1.00 bits per heavy atom. The average molecular weight is 312 g/mol. The number of rotatable bonds is 7. The SMILES string of the molecule is CCCN(CCC)c1cc(Nc2cccc(C)c2C)nc(C)n1. The van der Waals surface area contributed by atoms with E-state index in [9.17, 15) is 0 Å². The van der Waals surface area contributed by atoms with E-state index in [1.165, 1.54) is 11.1 Å². The lowest BCUT2D eigenvalue weighted by Crippen LogP contribution is -2.26. The van der Waals surface area contributed by atoms with Gasteiger partial charge in [-0.15, -0.1) is 0 Å². The minimum atomic E-state index is 0.799. The second-order valence-electron chi connectivity index (χ2n) is 6.02. The minimum Gasteiger partial charge on any atom is -0.356 e. The number of anilines is 3. The first kappa shape index (κ1) is 17.3. The smallest absolute Gasteiger partial charge is 0.136 e. The zero-order chi connectivity index (χ0) is 16.8. The molecule has 0 aliphatic heterocycles. The van der Waals surface area contributed by atoms with Crippen molar-refractivity contribution in [2.24, 2.45) is 0 Å². The van der Waals surface area contributed by atoms with Gasteiger partial charge in [-0.2, -0.15) is 0 Å². The van der Waals surface area contributed by atoms with E-state index in [-0.39, 0.29) is 0 Å². The fourth-order valence-electron chi connectivity index (χ4n) is 2.68. The molecule has 0 unspecified atom stereocenters. The van der Waals surface area contributed by atoms with Crippen molar-refractivity contribution in [3.63, 3.8) is 0 Å². The summed E-state index contributed by atoms with van der Waals surface area (Å²) in [5.41, 5.74) is 3.63. The van der Waals surface area contributed by atoms with Crippen LogP contribution >= 0.6 is 0 Å². The summed E-state index contributed by atoms with van der Waals surface area (Å²) in [6.07, 6.45) is 2.23. The molecule has 0 atom stereocenters. The Bertz CT molecular complexity index is 646. The molecular weight excluding hydrogens is 284 g/mol. The summed E-state index contributed by atoms with van der Waals surface area (Å²) in [5.74, 6) is 2.67. The molecule has 0 radical (unpaired) electrons. The Morgan fingerprint density at radius 3 is 2.35 bits per heavy atom. The monoisotopic (exact) mass is 312 g/mol. The Hall–Kier alpha value is -2.10. The highest BCUT2D eigenvalue weighted by Gasteiger charge is 2.10. The largest absolute Gasteiger partial charge is 0.356 e.